The Morgan fingerprint density at radius 1 is 0.250 bits per heavy atom. The van der Waals surface area contributed by atoms with Gasteiger partial charge in [-0.1, -0.05) is 546 Å². The molecule has 0 N–H and O–H groups in total. The predicted octanol–water partition coefficient (Wildman–Crippen LogP) is 42.2. The fourth-order valence-corrected chi connectivity index (χ4v) is 14.3. The van der Waals surface area contributed by atoms with Crippen molar-refractivity contribution in [1.82, 2.24) is 0 Å². The topological polar surface area (TPSA) is 0 Å². The maximum Gasteiger partial charge on any atom is -0.0331 e. The van der Waals surface area contributed by atoms with E-state index in [1.165, 1.54) is 238 Å². The van der Waals surface area contributed by atoms with E-state index >= 15 is 0 Å². The van der Waals surface area contributed by atoms with Gasteiger partial charge in [0.05, 0.1) is 0 Å². The molecule has 108 heavy (non-hydrogen) atoms. The van der Waals surface area contributed by atoms with Crippen LogP contribution >= 0.6 is 0 Å². The first-order valence-electron chi connectivity index (χ1n) is 49.5. The van der Waals surface area contributed by atoms with Gasteiger partial charge in [-0.3, -0.25) is 0 Å². The van der Waals surface area contributed by atoms with E-state index in [1.54, 1.807) is 0 Å². The third-order valence-electron chi connectivity index (χ3n) is 25.2. The molecule has 5 atom stereocenters. The van der Waals surface area contributed by atoms with Crippen LogP contribution in [-0.2, 0) is 0 Å². The average Bonchev–Trinajstić information content (AvgIpc) is 0.891. The molecule has 0 heterocycles. The van der Waals surface area contributed by atoms with Gasteiger partial charge < -0.3 is 0 Å². The smallest absolute Gasteiger partial charge is 0.0331 e. The summed E-state index contributed by atoms with van der Waals surface area (Å²) in [6.07, 6.45) is 50.3. The van der Waals surface area contributed by atoms with Gasteiger partial charge in [0, 0.05) is 0 Å². The maximum atomic E-state index is 2.39. The molecule has 0 bridgehead atoms. The fraction of sp³-hybridized carbons (Fsp3) is 1.00. The predicted molar refractivity (Wildman–Crippen MR) is 523 cm³/mol. The lowest BCUT2D eigenvalue weighted by atomic mass is 9.77. The fourth-order valence-electron chi connectivity index (χ4n) is 14.3. The second-order valence-electron chi connectivity index (χ2n) is 42.7. The summed E-state index contributed by atoms with van der Waals surface area (Å²) < 4.78 is 0. The molecule has 0 saturated heterocycles. The minimum absolute atomic E-state index is 0.510. The van der Waals surface area contributed by atoms with Gasteiger partial charge >= 0.3 is 0 Å². The van der Waals surface area contributed by atoms with Crippen molar-refractivity contribution >= 4 is 0 Å². The van der Waals surface area contributed by atoms with Crippen LogP contribution in [0.15, 0.2) is 0 Å². The molecular formula is C108H240. The quantitative estimate of drug-likeness (QED) is 0.0571. The van der Waals surface area contributed by atoms with Gasteiger partial charge in [0.25, 0.3) is 0 Å². The van der Waals surface area contributed by atoms with Crippen molar-refractivity contribution in [2.75, 3.05) is 0 Å². The van der Waals surface area contributed by atoms with Crippen molar-refractivity contribution in [2.24, 2.45) is 115 Å². The van der Waals surface area contributed by atoms with E-state index in [0.29, 0.717) is 37.9 Å². The van der Waals surface area contributed by atoms with E-state index in [9.17, 15) is 0 Å². The minimum atomic E-state index is 0.510. The van der Waals surface area contributed by atoms with Gasteiger partial charge in [-0.05, 0) is 160 Å². The molecule has 0 spiro atoms. The zero-order valence-electron chi connectivity index (χ0n) is 88.2. The summed E-state index contributed by atoms with van der Waals surface area (Å²) in [6, 6.07) is 0. The summed E-state index contributed by atoms with van der Waals surface area (Å²) in [7, 11) is 0. The highest BCUT2D eigenvalue weighted by Crippen LogP contribution is 2.34. The van der Waals surface area contributed by atoms with Gasteiger partial charge in [-0.25, -0.2) is 0 Å². The Morgan fingerprint density at radius 3 is 0.796 bits per heavy atom. The highest BCUT2D eigenvalue weighted by Gasteiger charge is 2.23. The molecule has 0 rings (SSSR count). The molecule has 0 saturated carbocycles. The monoisotopic (exact) mass is 1540 g/mol. The van der Waals surface area contributed by atoms with E-state index in [4.69, 9.17) is 0 Å². The molecule has 0 aliphatic carbocycles. The van der Waals surface area contributed by atoms with Crippen molar-refractivity contribution < 1.29 is 0 Å². The lowest BCUT2D eigenvalue weighted by Gasteiger charge is -2.29. The molecule has 0 aliphatic heterocycles. The van der Waals surface area contributed by atoms with Crippen molar-refractivity contribution in [2.45, 2.75) is 591 Å². The normalized spacial score (nSPS) is 13.1. The molecule has 5 unspecified atom stereocenters. The summed E-state index contributed by atoms with van der Waals surface area (Å²) in [4.78, 5) is 0. The first kappa shape index (κ1) is 134. The summed E-state index contributed by atoms with van der Waals surface area (Å²) in [5.41, 5.74) is 3.91. The van der Waals surface area contributed by atoms with Crippen LogP contribution in [0.5, 0.6) is 0 Å². The molecule has 0 aromatic carbocycles. The molecule has 0 fully saturated rings. The van der Waals surface area contributed by atoms with Crippen LogP contribution in [0.3, 0.4) is 0 Å². The molecule has 0 heteroatoms. The second kappa shape index (κ2) is 86.3. The average molecular weight is 1540 g/mol. The largest absolute Gasteiger partial charge is 0.0654 e. The molecule has 0 nitrogen and oxygen atoms in total. The highest BCUT2D eigenvalue weighted by atomic mass is 14.3. The van der Waals surface area contributed by atoms with E-state index in [0.717, 1.165) is 76.9 Å². The van der Waals surface area contributed by atoms with Crippen LogP contribution in [0.2, 0.25) is 0 Å². The Kier molecular flexibility index (Phi) is 107. The Morgan fingerprint density at radius 2 is 0.648 bits per heavy atom. The summed E-state index contributed by atoms with van der Waals surface area (Å²) in [5, 5.41) is 0. The molecule has 0 aromatic heterocycles. The van der Waals surface area contributed by atoms with Gasteiger partial charge in [0.2, 0.25) is 0 Å². The molecule has 0 aliphatic rings. The Hall–Kier alpha value is 0. The SMILES string of the molecule is CC(C)CCC(C)(C)C.CCC(C)(C)CC(C)C.CCC(C)C(C)(C)CC.CCC(C)C(CC)CC.CCC(C)CC(C)(C)C.CCC(CC)CC(C)C.CCCC(C)(C)CCC.CCCC(C)(CC)CC.CCCC(C)C(C)(C)C.CCCC(CC)C(C)C.CCCC(CC)CCC.CCCCC(CC)CC. The number of rotatable bonds is 42. The van der Waals surface area contributed by atoms with Crippen molar-refractivity contribution in [3.8, 4) is 0 Å². The lowest BCUT2D eigenvalue weighted by molar-refractivity contribution is 0.215. The second-order valence-corrected chi connectivity index (χ2v) is 42.7. The molecular weight excluding hydrogens is 1300 g/mol. The Bertz CT molecular complexity index is 1520. The Labute approximate surface area is 701 Å². The zero-order chi connectivity index (χ0) is 88.2. The first-order chi connectivity index (χ1) is 49.5. The molecule has 0 radical (unpaired) electrons. The van der Waals surface area contributed by atoms with E-state index in [1.807, 2.05) is 0 Å². The van der Waals surface area contributed by atoms with E-state index in [2.05, 4.69) is 353 Å². The van der Waals surface area contributed by atoms with Crippen molar-refractivity contribution in [1.29, 1.82) is 0 Å². The molecule has 0 amide bonds. The van der Waals surface area contributed by atoms with Gasteiger partial charge in [-0.15, -0.1) is 0 Å². The molecule has 672 valence electrons. The third kappa shape index (κ3) is 112. The van der Waals surface area contributed by atoms with Crippen molar-refractivity contribution in [3.63, 3.8) is 0 Å². The summed E-state index contributed by atoms with van der Waals surface area (Å²) in [5.74, 6) is 12.0. The van der Waals surface area contributed by atoms with Gasteiger partial charge in [0.15, 0.2) is 0 Å². The van der Waals surface area contributed by atoms with Crippen molar-refractivity contribution in [3.05, 3.63) is 0 Å². The van der Waals surface area contributed by atoms with Crippen LogP contribution in [-0.4, -0.2) is 0 Å². The van der Waals surface area contributed by atoms with Gasteiger partial charge in [0.1, 0.15) is 0 Å². The lowest BCUT2D eigenvalue weighted by Crippen LogP contribution is -2.19. The maximum absolute atomic E-state index is 2.39. The first-order valence-corrected chi connectivity index (χ1v) is 49.5. The van der Waals surface area contributed by atoms with Gasteiger partial charge in [-0.2, -0.15) is 0 Å². The minimum Gasteiger partial charge on any atom is -0.0654 e. The zero-order valence-corrected chi connectivity index (χ0v) is 88.2. The number of unbranched alkanes of at least 4 members (excludes halogenated alkanes) is 1. The third-order valence-corrected chi connectivity index (χ3v) is 25.2. The summed E-state index contributed by atoms with van der Waals surface area (Å²) >= 11 is 0. The Balaban J connectivity index is -0.0000000931. The van der Waals surface area contributed by atoms with Crippen LogP contribution in [0, 0.1) is 115 Å². The standard InChI is InChI=1S/12C9H20/c1-8(2)6-7-9(3,4)5;1-6-8(2)7-9(3,4)5;1-6-9(4,5)7-8(2)3;1-6-7-8(2)9(3,4)5;1-6-8(3)9(4,5)7-2;1-5-9(6-2)7-8(3)4;1-5-7-9(3,4)8-6-2;1-5-7-9(6-2)8(3)4;1-5-8-9(4,6-2)7-3;1-5-8(4)9(6-2)7-3;1-4-7-8-9(5-2)6-3;1-4-7-9(6-3)8-5-2/h5*8H,6-7H2,1-5H3;8-9H,5-7H2,1-4H3;5-8H2,1-4H3;8-9H,5-7H2,1-4H3;5-8H2,1-4H3;8-9H,5-7H2,1-4H3;2*9H,4-8H2,1-3H3. The highest BCUT2D eigenvalue weighted by molar-refractivity contribution is 4.74. The number of hydrogen-bond donors (Lipinski definition) is 0. The molecule has 0 aromatic rings. The summed E-state index contributed by atoms with van der Waals surface area (Å²) in [6.45, 7) is 117. The van der Waals surface area contributed by atoms with E-state index < -0.39 is 0 Å². The van der Waals surface area contributed by atoms with Crippen LogP contribution in [0.1, 0.15) is 591 Å². The van der Waals surface area contributed by atoms with E-state index in [-0.39, 0.29) is 0 Å². The van der Waals surface area contributed by atoms with Crippen LogP contribution < -0.4 is 0 Å². The van der Waals surface area contributed by atoms with Crippen LogP contribution in [0.4, 0.5) is 0 Å². The van der Waals surface area contributed by atoms with Crippen LogP contribution in [0.25, 0.3) is 0 Å². The number of hydrogen-bond acceptors (Lipinski definition) is 0.